The zero-order chi connectivity index (χ0) is 10.2. The van der Waals surface area contributed by atoms with Crippen molar-refractivity contribution in [1.29, 1.82) is 0 Å². The normalized spacial score (nSPS) is 30.8. The lowest BCUT2D eigenvalue weighted by molar-refractivity contribution is -0.131. The number of nitrogens with zero attached hydrogens (tertiary/aromatic N) is 1. The molecule has 0 aromatic carbocycles. The average Bonchev–Trinajstić information content (AvgIpc) is 2.26. The number of halogens is 1. The van der Waals surface area contributed by atoms with Crippen molar-refractivity contribution in [2.24, 2.45) is 5.41 Å². The maximum atomic E-state index is 11.9. The van der Waals surface area contributed by atoms with Crippen LogP contribution in [0, 0.1) is 5.41 Å². The highest BCUT2D eigenvalue weighted by molar-refractivity contribution is 6.20. The number of likely N-dealkylation sites (N-methyl/N-ethyl adjacent to an activating group) is 1. The first-order chi connectivity index (χ1) is 5.82. The summed E-state index contributed by atoms with van der Waals surface area (Å²) >= 11 is 5.89. The van der Waals surface area contributed by atoms with Crippen molar-refractivity contribution in [3.63, 3.8) is 0 Å². The number of Topliss-reactive ketones (excluding diaryl/α,β-unsaturated/α-hetero) is 1. The van der Waals surface area contributed by atoms with E-state index < -0.39 is 0 Å². The fourth-order valence-electron chi connectivity index (χ4n) is 1.50. The summed E-state index contributed by atoms with van der Waals surface area (Å²) in [6.07, 6.45) is 0.689. The van der Waals surface area contributed by atoms with E-state index in [0.717, 1.165) is 0 Å². The molecule has 1 aliphatic heterocycles. The van der Waals surface area contributed by atoms with Gasteiger partial charge in [-0.3, -0.25) is 4.79 Å². The SMILES string of the molecule is CN1NC(Cl)CC1C(=O)C(C)(C)C. The minimum Gasteiger partial charge on any atom is -0.297 e. The Morgan fingerprint density at radius 1 is 1.54 bits per heavy atom. The topological polar surface area (TPSA) is 32.3 Å². The van der Waals surface area contributed by atoms with Gasteiger partial charge in [0.2, 0.25) is 0 Å². The monoisotopic (exact) mass is 204 g/mol. The van der Waals surface area contributed by atoms with Crippen LogP contribution in [-0.4, -0.2) is 29.4 Å². The first-order valence-corrected chi connectivity index (χ1v) is 4.93. The molecule has 0 amide bonds. The molecule has 3 nitrogen and oxygen atoms in total. The summed E-state index contributed by atoms with van der Waals surface area (Å²) in [5.41, 5.74) is 2.60. The maximum absolute atomic E-state index is 11.9. The predicted octanol–water partition coefficient (Wildman–Crippen LogP) is 1.38. The minimum absolute atomic E-state index is 0.0810. The molecule has 76 valence electrons. The van der Waals surface area contributed by atoms with E-state index in [4.69, 9.17) is 11.6 Å². The van der Waals surface area contributed by atoms with Crippen LogP contribution < -0.4 is 5.43 Å². The van der Waals surface area contributed by atoms with E-state index in [1.54, 1.807) is 0 Å². The highest BCUT2D eigenvalue weighted by atomic mass is 35.5. The van der Waals surface area contributed by atoms with E-state index in [0.29, 0.717) is 6.42 Å². The van der Waals surface area contributed by atoms with Gasteiger partial charge in [0.05, 0.1) is 11.5 Å². The van der Waals surface area contributed by atoms with Gasteiger partial charge in [0.1, 0.15) is 0 Å². The zero-order valence-electron chi connectivity index (χ0n) is 8.60. The summed E-state index contributed by atoms with van der Waals surface area (Å²) in [4.78, 5) is 11.9. The van der Waals surface area contributed by atoms with Crippen LogP contribution in [0.3, 0.4) is 0 Å². The van der Waals surface area contributed by atoms with E-state index in [2.05, 4.69) is 5.43 Å². The summed E-state index contributed by atoms with van der Waals surface area (Å²) < 4.78 is 0. The molecule has 0 spiro atoms. The van der Waals surface area contributed by atoms with Crippen molar-refractivity contribution in [2.75, 3.05) is 7.05 Å². The summed E-state index contributed by atoms with van der Waals surface area (Å²) in [5, 5.41) is 1.81. The first-order valence-electron chi connectivity index (χ1n) is 4.50. The molecule has 13 heavy (non-hydrogen) atoms. The third-order valence-corrected chi connectivity index (χ3v) is 2.56. The molecule has 1 N–H and O–H groups in total. The lowest BCUT2D eigenvalue weighted by Gasteiger charge is -2.25. The van der Waals surface area contributed by atoms with Gasteiger partial charge in [-0.2, -0.15) is 0 Å². The smallest absolute Gasteiger partial charge is 0.156 e. The lowest BCUT2D eigenvalue weighted by atomic mass is 9.85. The molecular weight excluding hydrogens is 188 g/mol. The molecule has 0 bridgehead atoms. The maximum Gasteiger partial charge on any atom is 0.156 e. The largest absolute Gasteiger partial charge is 0.297 e. The van der Waals surface area contributed by atoms with Crippen molar-refractivity contribution in [2.45, 2.75) is 38.7 Å². The zero-order valence-corrected chi connectivity index (χ0v) is 9.35. The van der Waals surface area contributed by atoms with Gasteiger partial charge in [-0.1, -0.05) is 20.8 Å². The van der Waals surface area contributed by atoms with Gasteiger partial charge >= 0.3 is 0 Å². The molecule has 1 saturated heterocycles. The van der Waals surface area contributed by atoms with Crippen molar-refractivity contribution in [1.82, 2.24) is 10.4 Å². The molecule has 0 aromatic rings. The van der Waals surface area contributed by atoms with E-state index in [9.17, 15) is 4.79 Å². The van der Waals surface area contributed by atoms with E-state index in [1.165, 1.54) is 0 Å². The molecule has 0 aliphatic carbocycles. The Morgan fingerprint density at radius 3 is 2.38 bits per heavy atom. The first kappa shape index (κ1) is 11.0. The predicted molar refractivity (Wildman–Crippen MR) is 53.4 cm³/mol. The lowest BCUT2D eigenvalue weighted by Crippen LogP contribution is -2.43. The molecule has 4 heteroatoms. The summed E-state index contributed by atoms with van der Waals surface area (Å²) in [7, 11) is 1.86. The Hall–Kier alpha value is -0.120. The quantitative estimate of drug-likeness (QED) is 0.518. The standard InChI is InChI=1S/C9H17ClN2O/c1-9(2,3)8(13)6-5-7(10)11-12(6)4/h6-7,11H,5H2,1-4H3. The number of nitrogens with one attached hydrogen (secondary N) is 1. The van der Waals surface area contributed by atoms with E-state index >= 15 is 0 Å². The summed E-state index contributed by atoms with van der Waals surface area (Å²) in [6, 6.07) is -0.0810. The van der Waals surface area contributed by atoms with Gasteiger partial charge in [-0.15, -0.1) is 11.6 Å². The molecule has 1 fully saturated rings. The van der Waals surface area contributed by atoms with Gasteiger partial charge in [-0.05, 0) is 0 Å². The van der Waals surface area contributed by atoms with Crippen LogP contribution in [0.15, 0.2) is 0 Å². The second-order valence-corrected chi connectivity index (χ2v) is 5.10. The van der Waals surface area contributed by atoms with Gasteiger partial charge in [0, 0.05) is 18.9 Å². The van der Waals surface area contributed by atoms with E-state index in [1.807, 2.05) is 32.8 Å². The van der Waals surface area contributed by atoms with Crippen LogP contribution in [0.1, 0.15) is 27.2 Å². The highest BCUT2D eigenvalue weighted by Gasteiger charge is 2.38. The second kappa shape index (κ2) is 3.56. The van der Waals surface area contributed by atoms with Crippen LogP contribution in [0.25, 0.3) is 0 Å². The molecule has 0 radical (unpaired) electrons. The van der Waals surface area contributed by atoms with E-state index in [-0.39, 0.29) is 22.7 Å². The van der Waals surface area contributed by atoms with Crippen LogP contribution in [0.4, 0.5) is 0 Å². The molecule has 0 saturated carbocycles. The third-order valence-electron chi connectivity index (χ3n) is 2.28. The molecule has 0 aromatic heterocycles. The van der Waals surface area contributed by atoms with Gasteiger partial charge in [0.15, 0.2) is 5.78 Å². The van der Waals surface area contributed by atoms with Gasteiger partial charge in [0.25, 0.3) is 0 Å². The molecule has 1 rings (SSSR count). The van der Waals surface area contributed by atoms with Crippen molar-refractivity contribution in [3.05, 3.63) is 0 Å². The highest BCUT2D eigenvalue weighted by Crippen LogP contribution is 2.25. The summed E-state index contributed by atoms with van der Waals surface area (Å²) in [6.45, 7) is 5.81. The number of alkyl halides is 1. The molecular formula is C9H17ClN2O. The fourth-order valence-corrected chi connectivity index (χ4v) is 1.82. The number of hydrogen-bond acceptors (Lipinski definition) is 3. The Labute approximate surface area is 84.4 Å². The van der Waals surface area contributed by atoms with Crippen LogP contribution in [0.5, 0.6) is 0 Å². The Bertz CT molecular complexity index is 212. The van der Waals surface area contributed by atoms with Crippen molar-refractivity contribution in [3.8, 4) is 0 Å². The number of ketones is 1. The minimum atomic E-state index is -0.290. The van der Waals surface area contributed by atoms with Crippen LogP contribution in [-0.2, 0) is 4.79 Å². The molecule has 1 heterocycles. The molecule has 2 atom stereocenters. The molecule has 2 unspecified atom stereocenters. The van der Waals surface area contributed by atoms with Gasteiger partial charge < -0.3 is 0 Å². The molecule has 1 aliphatic rings. The Balaban J connectivity index is 2.68. The number of rotatable bonds is 1. The number of hydrazine groups is 1. The second-order valence-electron chi connectivity index (χ2n) is 4.57. The number of carbonyl (C=O) groups is 1. The van der Waals surface area contributed by atoms with Crippen molar-refractivity contribution < 1.29 is 4.79 Å². The number of carbonyl (C=O) groups excluding carboxylic acids is 1. The Kier molecular flexibility index (Phi) is 3.00. The number of hydrogen-bond donors (Lipinski definition) is 1. The van der Waals surface area contributed by atoms with Crippen LogP contribution in [0.2, 0.25) is 0 Å². The van der Waals surface area contributed by atoms with Crippen LogP contribution >= 0.6 is 11.6 Å². The Morgan fingerprint density at radius 2 is 2.08 bits per heavy atom. The summed E-state index contributed by atoms with van der Waals surface area (Å²) in [5.74, 6) is 0.241. The van der Waals surface area contributed by atoms with Crippen molar-refractivity contribution >= 4 is 17.4 Å². The fraction of sp³-hybridized carbons (Fsp3) is 0.889. The van der Waals surface area contributed by atoms with Gasteiger partial charge in [-0.25, -0.2) is 10.4 Å². The average molecular weight is 205 g/mol. The third kappa shape index (κ3) is 2.42.